The zero-order valence-electron chi connectivity index (χ0n) is 13.1. The van der Waals surface area contributed by atoms with Gasteiger partial charge >= 0.3 is 0 Å². The number of carbonyl (C=O) groups is 1. The number of nitrogens with zero attached hydrogens (tertiary/aromatic N) is 1. The summed E-state index contributed by atoms with van der Waals surface area (Å²) in [4.78, 5) is 17.0. The molecule has 4 heteroatoms. The first-order valence-electron chi connectivity index (χ1n) is 7.40. The summed E-state index contributed by atoms with van der Waals surface area (Å²) in [5.41, 5.74) is 8.80. The molecule has 0 radical (unpaired) electrons. The van der Waals surface area contributed by atoms with Crippen molar-refractivity contribution in [2.24, 2.45) is 0 Å². The monoisotopic (exact) mass is 322 g/mol. The lowest BCUT2D eigenvalue weighted by molar-refractivity contribution is 0.103. The summed E-state index contributed by atoms with van der Waals surface area (Å²) in [7, 11) is 0. The predicted molar refractivity (Wildman–Crippen MR) is 95.0 cm³/mol. The molecule has 0 aliphatic carbocycles. The maximum absolute atomic E-state index is 12.6. The van der Waals surface area contributed by atoms with Crippen LogP contribution in [0.1, 0.15) is 41.0 Å². The average molecular weight is 322 g/mol. The molecule has 0 saturated carbocycles. The number of nitrogen functional groups attached to an aromatic ring is 1. The summed E-state index contributed by atoms with van der Waals surface area (Å²) in [5, 5.41) is 2.53. The first-order chi connectivity index (χ1) is 11.0. The van der Waals surface area contributed by atoms with Gasteiger partial charge in [-0.1, -0.05) is 62.4 Å². The molecule has 2 aromatic carbocycles. The van der Waals surface area contributed by atoms with Crippen molar-refractivity contribution in [3.63, 3.8) is 0 Å². The smallest absolute Gasteiger partial charge is 0.193 e. The SMILES string of the molecule is CC(C)(c1cccc(C(=O)c2ccccc2)c1)c1csc(N)n1. The quantitative estimate of drug-likeness (QED) is 0.729. The number of aromatic nitrogens is 1. The normalized spacial score (nSPS) is 11.4. The Morgan fingerprint density at radius 2 is 1.74 bits per heavy atom. The Hall–Kier alpha value is -2.46. The van der Waals surface area contributed by atoms with Crippen molar-refractivity contribution in [1.29, 1.82) is 0 Å². The molecule has 2 N–H and O–H groups in total. The van der Waals surface area contributed by atoms with Crippen LogP contribution in [0.25, 0.3) is 0 Å². The van der Waals surface area contributed by atoms with Crippen molar-refractivity contribution in [3.8, 4) is 0 Å². The lowest BCUT2D eigenvalue weighted by Crippen LogP contribution is -2.20. The highest BCUT2D eigenvalue weighted by molar-refractivity contribution is 7.13. The van der Waals surface area contributed by atoms with Crippen LogP contribution in [0.5, 0.6) is 0 Å². The fourth-order valence-electron chi connectivity index (χ4n) is 2.53. The molecule has 116 valence electrons. The molecule has 0 bridgehead atoms. The topological polar surface area (TPSA) is 56.0 Å². The summed E-state index contributed by atoms with van der Waals surface area (Å²) in [6.07, 6.45) is 0. The Balaban J connectivity index is 1.98. The van der Waals surface area contributed by atoms with E-state index in [1.807, 2.05) is 60.0 Å². The van der Waals surface area contributed by atoms with Crippen LogP contribution in [0, 0.1) is 0 Å². The third kappa shape index (κ3) is 3.03. The molecule has 0 unspecified atom stereocenters. The van der Waals surface area contributed by atoms with E-state index in [0.717, 1.165) is 11.3 Å². The minimum atomic E-state index is -0.304. The van der Waals surface area contributed by atoms with Crippen LogP contribution in [-0.4, -0.2) is 10.8 Å². The van der Waals surface area contributed by atoms with Crippen LogP contribution in [0.15, 0.2) is 60.0 Å². The highest BCUT2D eigenvalue weighted by Gasteiger charge is 2.26. The van der Waals surface area contributed by atoms with Crippen LogP contribution in [0.4, 0.5) is 5.13 Å². The number of anilines is 1. The van der Waals surface area contributed by atoms with Gasteiger partial charge in [0.05, 0.1) is 5.69 Å². The Morgan fingerprint density at radius 1 is 1.04 bits per heavy atom. The van der Waals surface area contributed by atoms with Crippen molar-refractivity contribution in [1.82, 2.24) is 4.98 Å². The van der Waals surface area contributed by atoms with E-state index in [-0.39, 0.29) is 11.2 Å². The van der Waals surface area contributed by atoms with Crippen LogP contribution in [-0.2, 0) is 5.41 Å². The summed E-state index contributed by atoms with van der Waals surface area (Å²) in [5.74, 6) is 0.0287. The number of hydrogen-bond donors (Lipinski definition) is 1. The lowest BCUT2D eigenvalue weighted by atomic mass is 9.81. The van der Waals surface area contributed by atoms with E-state index in [1.54, 1.807) is 0 Å². The molecule has 3 rings (SSSR count). The van der Waals surface area contributed by atoms with E-state index in [0.29, 0.717) is 16.3 Å². The van der Waals surface area contributed by atoms with Crippen molar-refractivity contribution >= 4 is 22.3 Å². The molecule has 0 saturated heterocycles. The number of ketones is 1. The van der Waals surface area contributed by atoms with E-state index >= 15 is 0 Å². The Bertz CT molecular complexity index is 837. The van der Waals surface area contributed by atoms with Gasteiger partial charge in [0.25, 0.3) is 0 Å². The maximum atomic E-state index is 12.6. The van der Waals surface area contributed by atoms with Gasteiger partial charge in [0.1, 0.15) is 0 Å². The Kier molecular flexibility index (Phi) is 4.01. The number of thiazole rings is 1. The summed E-state index contributed by atoms with van der Waals surface area (Å²) >= 11 is 1.43. The largest absolute Gasteiger partial charge is 0.375 e. The molecule has 0 aliphatic rings. The molecular formula is C19H18N2OS. The molecule has 0 spiro atoms. The zero-order valence-corrected chi connectivity index (χ0v) is 13.9. The van der Waals surface area contributed by atoms with Gasteiger partial charge in [-0.15, -0.1) is 11.3 Å². The van der Waals surface area contributed by atoms with Gasteiger partial charge in [-0.05, 0) is 11.6 Å². The molecule has 3 aromatic rings. The van der Waals surface area contributed by atoms with Crippen LogP contribution < -0.4 is 5.73 Å². The van der Waals surface area contributed by atoms with E-state index in [4.69, 9.17) is 5.73 Å². The predicted octanol–water partition coefficient (Wildman–Crippen LogP) is 4.28. The van der Waals surface area contributed by atoms with Crippen molar-refractivity contribution < 1.29 is 4.79 Å². The van der Waals surface area contributed by atoms with Gasteiger partial charge in [-0.3, -0.25) is 4.79 Å². The highest BCUT2D eigenvalue weighted by Crippen LogP contribution is 2.33. The third-order valence-corrected chi connectivity index (χ3v) is 4.72. The van der Waals surface area contributed by atoms with E-state index in [1.165, 1.54) is 11.3 Å². The Labute approximate surface area is 139 Å². The molecule has 0 atom stereocenters. The van der Waals surface area contributed by atoms with Gasteiger partial charge in [0.2, 0.25) is 0 Å². The minimum Gasteiger partial charge on any atom is -0.375 e. The summed E-state index contributed by atoms with van der Waals surface area (Å²) < 4.78 is 0. The minimum absolute atomic E-state index is 0.0287. The zero-order chi connectivity index (χ0) is 16.4. The number of carbonyl (C=O) groups excluding carboxylic acids is 1. The molecule has 1 aromatic heterocycles. The van der Waals surface area contributed by atoms with Gasteiger partial charge < -0.3 is 5.73 Å². The molecule has 0 fully saturated rings. The first kappa shape index (κ1) is 15.4. The summed E-state index contributed by atoms with van der Waals surface area (Å²) in [6.45, 7) is 4.18. The summed E-state index contributed by atoms with van der Waals surface area (Å²) in [6, 6.07) is 17.1. The van der Waals surface area contributed by atoms with E-state index in [2.05, 4.69) is 18.8 Å². The fourth-order valence-corrected chi connectivity index (χ4v) is 3.26. The first-order valence-corrected chi connectivity index (χ1v) is 8.28. The number of hydrogen-bond acceptors (Lipinski definition) is 4. The molecule has 1 heterocycles. The molecule has 0 aliphatic heterocycles. The van der Waals surface area contributed by atoms with Gasteiger partial charge in [-0.2, -0.15) is 0 Å². The van der Waals surface area contributed by atoms with Gasteiger partial charge in [0, 0.05) is 21.9 Å². The van der Waals surface area contributed by atoms with Crippen LogP contribution >= 0.6 is 11.3 Å². The third-order valence-electron chi connectivity index (χ3n) is 4.04. The molecular weight excluding hydrogens is 304 g/mol. The maximum Gasteiger partial charge on any atom is 0.193 e. The molecule has 0 amide bonds. The van der Waals surface area contributed by atoms with Crippen molar-refractivity contribution in [2.45, 2.75) is 19.3 Å². The van der Waals surface area contributed by atoms with Crippen LogP contribution in [0.3, 0.4) is 0 Å². The highest BCUT2D eigenvalue weighted by atomic mass is 32.1. The number of nitrogens with two attached hydrogens (primary N) is 1. The lowest BCUT2D eigenvalue weighted by Gasteiger charge is -2.23. The van der Waals surface area contributed by atoms with Crippen molar-refractivity contribution in [2.75, 3.05) is 5.73 Å². The second-order valence-corrected chi connectivity index (χ2v) is 6.86. The molecule has 3 nitrogen and oxygen atoms in total. The van der Waals surface area contributed by atoms with Gasteiger partial charge in [-0.25, -0.2) is 4.98 Å². The van der Waals surface area contributed by atoms with E-state index in [9.17, 15) is 4.79 Å². The van der Waals surface area contributed by atoms with Gasteiger partial charge in [0.15, 0.2) is 10.9 Å². The van der Waals surface area contributed by atoms with Crippen LogP contribution in [0.2, 0.25) is 0 Å². The number of benzene rings is 2. The average Bonchev–Trinajstić information content (AvgIpc) is 3.02. The standard InChI is InChI=1S/C19H18N2OS/c1-19(2,16-12-23-18(20)21-16)15-10-6-9-14(11-15)17(22)13-7-4-3-5-8-13/h3-12H,1-2H3,(H2,20,21). The molecule has 23 heavy (non-hydrogen) atoms. The Morgan fingerprint density at radius 3 is 2.39 bits per heavy atom. The second-order valence-electron chi connectivity index (χ2n) is 5.97. The van der Waals surface area contributed by atoms with E-state index < -0.39 is 0 Å². The second kappa shape index (κ2) is 5.97. The fraction of sp³-hybridized carbons (Fsp3) is 0.158. The van der Waals surface area contributed by atoms with Crippen molar-refractivity contribution in [3.05, 3.63) is 82.4 Å². The number of rotatable bonds is 4.